The van der Waals surface area contributed by atoms with Crippen LogP contribution in [0.25, 0.3) is 0 Å². The second-order valence-electron chi connectivity index (χ2n) is 4.85. The first-order valence-corrected chi connectivity index (χ1v) is 6.01. The molecule has 0 aliphatic rings. The van der Waals surface area contributed by atoms with E-state index in [0.717, 1.165) is 11.1 Å². The summed E-state index contributed by atoms with van der Waals surface area (Å²) in [5, 5.41) is 8.60. The Labute approximate surface area is 107 Å². The van der Waals surface area contributed by atoms with Crippen molar-refractivity contribution < 1.29 is 19.0 Å². The largest absolute Gasteiger partial charge is 0.476 e. The maximum Gasteiger partial charge on any atom is 0.378 e. The van der Waals surface area contributed by atoms with E-state index >= 15 is 0 Å². The smallest absolute Gasteiger partial charge is 0.378 e. The average Bonchev–Trinajstić information content (AvgIpc) is 2.28. The molecule has 0 bridgehead atoms. The maximum absolute atomic E-state index is 13.3. The number of aliphatic carboxylic acids is 1. The third-order valence-electron chi connectivity index (χ3n) is 2.74. The molecule has 1 aromatic rings. The van der Waals surface area contributed by atoms with E-state index in [9.17, 15) is 9.18 Å². The van der Waals surface area contributed by atoms with Gasteiger partial charge in [0.2, 0.25) is 0 Å². The van der Waals surface area contributed by atoms with Gasteiger partial charge in [-0.3, -0.25) is 0 Å². The summed E-state index contributed by atoms with van der Waals surface area (Å²) in [6, 6.07) is 5.55. The van der Waals surface area contributed by atoms with Gasteiger partial charge in [-0.2, -0.15) is 4.39 Å². The number of alkyl halides is 1. The van der Waals surface area contributed by atoms with Gasteiger partial charge in [-0.25, -0.2) is 4.79 Å². The van der Waals surface area contributed by atoms with Gasteiger partial charge in [0.25, 0.3) is 0 Å². The van der Waals surface area contributed by atoms with Gasteiger partial charge < -0.3 is 9.84 Å². The van der Waals surface area contributed by atoms with Gasteiger partial charge in [0.15, 0.2) is 0 Å². The molecular weight excluding hydrogens is 235 g/mol. The van der Waals surface area contributed by atoms with Gasteiger partial charge in [-0.05, 0) is 23.0 Å². The van der Waals surface area contributed by atoms with Gasteiger partial charge >= 0.3 is 12.3 Å². The van der Waals surface area contributed by atoms with Crippen LogP contribution in [0.1, 0.15) is 50.7 Å². The fourth-order valence-electron chi connectivity index (χ4n) is 1.77. The molecule has 4 heteroatoms. The number of benzene rings is 1. The summed E-state index contributed by atoms with van der Waals surface area (Å²) in [7, 11) is 0. The van der Waals surface area contributed by atoms with E-state index in [0.29, 0.717) is 5.75 Å². The quantitative estimate of drug-likeness (QED) is 0.871. The van der Waals surface area contributed by atoms with Crippen molar-refractivity contribution in [2.75, 3.05) is 0 Å². The van der Waals surface area contributed by atoms with Crippen LogP contribution in [0.3, 0.4) is 0 Å². The Kier molecular flexibility index (Phi) is 4.70. The first-order valence-electron chi connectivity index (χ1n) is 6.01. The number of para-hydroxylation sites is 1. The normalized spacial score (nSPS) is 12.8. The van der Waals surface area contributed by atoms with Crippen LogP contribution in [0.2, 0.25) is 0 Å². The van der Waals surface area contributed by atoms with Gasteiger partial charge in [0.1, 0.15) is 5.75 Å². The Morgan fingerprint density at radius 3 is 1.94 bits per heavy atom. The van der Waals surface area contributed by atoms with Crippen molar-refractivity contribution in [1.29, 1.82) is 0 Å². The van der Waals surface area contributed by atoms with Crippen LogP contribution >= 0.6 is 0 Å². The van der Waals surface area contributed by atoms with Crippen molar-refractivity contribution in [3.8, 4) is 5.75 Å². The molecule has 0 saturated heterocycles. The van der Waals surface area contributed by atoms with Crippen LogP contribution < -0.4 is 4.74 Å². The first kappa shape index (κ1) is 14.5. The Balaban J connectivity index is 3.22. The molecule has 0 aromatic heterocycles. The van der Waals surface area contributed by atoms with Gasteiger partial charge in [0, 0.05) is 0 Å². The standard InChI is InChI=1S/C14H19FO3/c1-8(2)10-6-5-7-11(9(3)4)12(10)18-13(15)14(16)17/h5-9,13H,1-4H3,(H,16,17). The summed E-state index contributed by atoms with van der Waals surface area (Å²) in [5.41, 5.74) is 1.65. The monoisotopic (exact) mass is 254 g/mol. The minimum Gasteiger partial charge on any atom is -0.476 e. The number of hydrogen-bond acceptors (Lipinski definition) is 2. The Morgan fingerprint density at radius 1 is 1.17 bits per heavy atom. The molecule has 1 rings (SSSR count). The lowest BCUT2D eigenvalue weighted by Gasteiger charge is -2.20. The van der Waals surface area contributed by atoms with Gasteiger partial charge in [-0.15, -0.1) is 0 Å². The topological polar surface area (TPSA) is 46.5 Å². The summed E-state index contributed by atoms with van der Waals surface area (Å²) < 4.78 is 18.3. The third kappa shape index (κ3) is 3.22. The number of ether oxygens (including phenoxy) is 1. The predicted molar refractivity (Wildman–Crippen MR) is 67.8 cm³/mol. The lowest BCUT2D eigenvalue weighted by molar-refractivity contribution is -0.153. The second-order valence-corrected chi connectivity index (χ2v) is 4.85. The first-order chi connectivity index (χ1) is 8.34. The van der Waals surface area contributed by atoms with E-state index < -0.39 is 12.3 Å². The molecule has 100 valence electrons. The SMILES string of the molecule is CC(C)c1cccc(C(C)C)c1OC(F)C(=O)O. The highest BCUT2D eigenvalue weighted by Crippen LogP contribution is 2.35. The molecule has 18 heavy (non-hydrogen) atoms. The lowest BCUT2D eigenvalue weighted by Crippen LogP contribution is -2.23. The fourth-order valence-corrected chi connectivity index (χ4v) is 1.77. The van der Waals surface area contributed by atoms with Crippen molar-refractivity contribution in [1.82, 2.24) is 0 Å². The summed E-state index contributed by atoms with van der Waals surface area (Å²) in [4.78, 5) is 10.6. The number of carboxylic acid groups (broad SMARTS) is 1. The molecule has 0 radical (unpaired) electrons. The molecule has 0 aliphatic carbocycles. The van der Waals surface area contributed by atoms with Crippen LogP contribution in [0.4, 0.5) is 4.39 Å². The number of hydrogen-bond donors (Lipinski definition) is 1. The predicted octanol–water partition coefficient (Wildman–Crippen LogP) is 3.69. The molecule has 3 nitrogen and oxygen atoms in total. The summed E-state index contributed by atoms with van der Waals surface area (Å²) in [6.07, 6.45) is -2.33. The van der Waals surface area contributed by atoms with E-state index in [1.54, 1.807) is 0 Å². The maximum atomic E-state index is 13.3. The Hall–Kier alpha value is -1.58. The number of carboxylic acids is 1. The summed E-state index contributed by atoms with van der Waals surface area (Å²) >= 11 is 0. The highest BCUT2D eigenvalue weighted by molar-refractivity contribution is 5.71. The van der Waals surface area contributed by atoms with Crippen LogP contribution in [0.5, 0.6) is 5.75 Å². The van der Waals surface area contributed by atoms with Gasteiger partial charge in [0.05, 0.1) is 0 Å². The molecule has 1 unspecified atom stereocenters. The zero-order valence-corrected chi connectivity index (χ0v) is 11.1. The molecule has 0 heterocycles. The van der Waals surface area contributed by atoms with E-state index in [4.69, 9.17) is 9.84 Å². The molecule has 0 saturated carbocycles. The van der Waals surface area contributed by atoms with E-state index in [1.807, 2.05) is 45.9 Å². The summed E-state index contributed by atoms with van der Waals surface area (Å²) in [6.45, 7) is 7.83. The third-order valence-corrected chi connectivity index (χ3v) is 2.74. The van der Waals surface area contributed by atoms with E-state index in [-0.39, 0.29) is 11.8 Å². The molecule has 1 N–H and O–H groups in total. The Morgan fingerprint density at radius 2 is 1.61 bits per heavy atom. The molecule has 0 spiro atoms. The molecular formula is C14H19FO3. The number of carbonyl (C=O) groups is 1. The van der Waals surface area contributed by atoms with Crippen molar-refractivity contribution in [3.05, 3.63) is 29.3 Å². The lowest BCUT2D eigenvalue weighted by atomic mass is 9.94. The fraction of sp³-hybridized carbons (Fsp3) is 0.500. The van der Waals surface area contributed by atoms with Crippen LogP contribution in [0, 0.1) is 0 Å². The highest BCUT2D eigenvalue weighted by Gasteiger charge is 2.23. The minimum atomic E-state index is -2.33. The van der Waals surface area contributed by atoms with Crippen molar-refractivity contribution >= 4 is 5.97 Å². The zero-order valence-electron chi connectivity index (χ0n) is 11.1. The number of rotatable bonds is 5. The van der Waals surface area contributed by atoms with Crippen molar-refractivity contribution in [2.24, 2.45) is 0 Å². The van der Waals surface area contributed by atoms with E-state index in [1.165, 1.54) is 0 Å². The van der Waals surface area contributed by atoms with E-state index in [2.05, 4.69) is 0 Å². The van der Waals surface area contributed by atoms with Crippen molar-refractivity contribution in [3.63, 3.8) is 0 Å². The molecule has 0 aliphatic heterocycles. The average molecular weight is 254 g/mol. The highest BCUT2D eigenvalue weighted by atomic mass is 19.1. The molecule has 0 amide bonds. The molecule has 0 fully saturated rings. The van der Waals surface area contributed by atoms with Crippen LogP contribution in [-0.4, -0.2) is 17.4 Å². The Bertz CT molecular complexity index is 401. The second kappa shape index (κ2) is 5.85. The number of halogens is 1. The molecule has 1 aromatic carbocycles. The van der Waals surface area contributed by atoms with Gasteiger partial charge in [-0.1, -0.05) is 45.9 Å². The zero-order chi connectivity index (χ0) is 13.9. The van der Waals surface area contributed by atoms with Crippen molar-refractivity contribution in [2.45, 2.75) is 45.9 Å². The summed E-state index contributed by atoms with van der Waals surface area (Å²) in [5.74, 6) is -0.972. The minimum absolute atomic E-state index is 0.139. The molecule has 1 atom stereocenters. The van der Waals surface area contributed by atoms with Crippen LogP contribution in [-0.2, 0) is 4.79 Å². The van der Waals surface area contributed by atoms with Crippen LogP contribution in [0.15, 0.2) is 18.2 Å².